The maximum Gasteiger partial charge on any atom is 0.309 e. The highest BCUT2D eigenvalue weighted by Gasteiger charge is 2.08. The zero-order valence-electron chi connectivity index (χ0n) is 10.8. The van der Waals surface area contributed by atoms with Gasteiger partial charge >= 0.3 is 11.8 Å². The minimum Gasteiger partial charge on any atom is -0.351 e. The van der Waals surface area contributed by atoms with Crippen molar-refractivity contribution in [2.75, 3.05) is 13.6 Å². The molecule has 4 nitrogen and oxygen atoms in total. The number of unbranched alkanes of at least 4 members (excludes halogenated alkanes) is 2. The Labute approximate surface area is 98.5 Å². The largest absolute Gasteiger partial charge is 0.351 e. The second kappa shape index (κ2) is 13.7. The molecule has 0 aliphatic heterocycles. The molecular formula is C12H24N2O2. The number of carbonyl (C=O) groups is 2. The topological polar surface area (TPSA) is 58.2 Å². The molecule has 0 bridgehead atoms. The van der Waals surface area contributed by atoms with Gasteiger partial charge in [-0.05, 0) is 26.2 Å². The van der Waals surface area contributed by atoms with E-state index in [2.05, 4.69) is 16.7 Å². The van der Waals surface area contributed by atoms with Crippen molar-refractivity contribution in [2.45, 2.75) is 40.0 Å². The smallest absolute Gasteiger partial charge is 0.309 e. The Morgan fingerprint density at radius 2 is 1.75 bits per heavy atom. The molecule has 0 fully saturated rings. The molecule has 0 heterocycles. The number of rotatable bonds is 5. The van der Waals surface area contributed by atoms with Crippen LogP contribution in [-0.2, 0) is 9.59 Å². The zero-order valence-corrected chi connectivity index (χ0v) is 10.8. The molecule has 0 aliphatic carbocycles. The first-order valence-electron chi connectivity index (χ1n) is 5.83. The minimum absolute atomic E-state index is 0.557. The van der Waals surface area contributed by atoms with Crippen molar-refractivity contribution in [2.24, 2.45) is 0 Å². The Bertz CT molecular complexity index is 213. The SMILES string of the molecule is C/C=C\CCCCNC(=O)C(=O)NC.CC. The van der Waals surface area contributed by atoms with Crippen LogP contribution in [-0.4, -0.2) is 25.4 Å². The van der Waals surface area contributed by atoms with Crippen LogP contribution in [0.5, 0.6) is 0 Å². The number of likely N-dealkylation sites (N-methyl/N-ethyl adjacent to an activating group) is 1. The molecule has 0 saturated carbocycles. The second-order valence-electron chi connectivity index (χ2n) is 2.90. The van der Waals surface area contributed by atoms with Gasteiger partial charge in [-0.2, -0.15) is 0 Å². The molecule has 0 spiro atoms. The van der Waals surface area contributed by atoms with Crippen molar-refractivity contribution < 1.29 is 9.59 Å². The van der Waals surface area contributed by atoms with Gasteiger partial charge in [-0.3, -0.25) is 9.59 Å². The number of hydrogen-bond donors (Lipinski definition) is 2. The summed E-state index contributed by atoms with van der Waals surface area (Å²) in [5.74, 6) is -1.14. The number of hydrogen-bond acceptors (Lipinski definition) is 2. The highest BCUT2D eigenvalue weighted by Crippen LogP contribution is 1.94. The summed E-state index contributed by atoms with van der Waals surface area (Å²) in [5, 5.41) is 4.80. The van der Waals surface area contributed by atoms with E-state index in [1.807, 2.05) is 26.8 Å². The van der Waals surface area contributed by atoms with E-state index in [0.717, 1.165) is 19.3 Å². The van der Waals surface area contributed by atoms with Crippen LogP contribution in [0.25, 0.3) is 0 Å². The summed E-state index contributed by atoms with van der Waals surface area (Å²) in [6.45, 7) is 6.54. The van der Waals surface area contributed by atoms with Gasteiger partial charge in [0, 0.05) is 13.6 Å². The Hall–Kier alpha value is -1.32. The summed E-state index contributed by atoms with van der Waals surface area (Å²) < 4.78 is 0. The van der Waals surface area contributed by atoms with Crippen LogP contribution >= 0.6 is 0 Å². The van der Waals surface area contributed by atoms with Gasteiger partial charge in [-0.1, -0.05) is 26.0 Å². The summed E-state index contributed by atoms with van der Waals surface area (Å²) in [6.07, 6.45) is 7.03. The molecule has 2 N–H and O–H groups in total. The predicted molar refractivity (Wildman–Crippen MR) is 67.1 cm³/mol. The van der Waals surface area contributed by atoms with Crippen LogP contribution in [0, 0.1) is 0 Å². The molecule has 0 aliphatic rings. The molecule has 16 heavy (non-hydrogen) atoms. The first-order chi connectivity index (χ1) is 7.72. The van der Waals surface area contributed by atoms with E-state index in [9.17, 15) is 9.59 Å². The number of allylic oxidation sites excluding steroid dienone is 2. The second-order valence-corrected chi connectivity index (χ2v) is 2.90. The predicted octanol–water partition coefficient (Wildman–Crippen LogP) is 1.62. The molecule has 2 amide bonds. The third-order valence-corrected chi connectivity index (χ3v) is 1.75. The van der Waals surface area contributed by atoms with Gasteiger partial charge in [0.1, 0.15) is 0 Å². The Balaban J connectivity index is 0. The van der Waals surface area contributed by atoms with Gasteiger partial charge in [0.05, 0.1) is 0 Å². The summed E-state index contributed by atoms with van der Waals surface area (Å²) in [5.41, 5.74) is 0. The van der Waals surface area contributed by atoms with Crippen molar-refractivity contribution >= 4 is 11.8 Å². The van der Waals surface area contributed by atoms with E-state index in [0.29, 0.717) is 6.54 Å². The van der Waals surface area contributed by atoms with E-state index in [1.165, 1.54) is 7.05 Å². The molecule has 0 aromatic heterocycles. The highest BCUT2D eigenvalue weighted by atomic mass is 16.2. The number of amides is 2. The average molecular weight is 228 g/mol. The maximum absolute atomic E-state index is 10.9. The first-order valence-corrected chi connectivity index (χ1v) is 5.83. The van der Waals surface area contributed by atoms with Crippen LogP contribution in [0.3, 0.4) is 0 Å². The molecule has 4 heteroatoms. The van der Waals surface area contributed by atoms with Gasteiger partial charge in [-0.15, -0.1) is 0 Å². The van der Waals surface area contributed by atoms with Crippen molar-refractivity contribution in [3.05, 3.63) is 12.2 Å². The van der Waals surface area contributed by atoms with E-state index in [1.54, 1.807) is 0 Å². The lowest BCUT2D eigenvalue weighted by atomic mass is 10.2. The molecule has 0 aromatic carbocycles. The average Bonchev–Trinajstić information content (AvgIpc) is 2.34. The van der Waals surface area contributed by atoms with Gasteiger partial charge < -0.3 is 10.6 Å². The molecule has 0 radical (unpaired) electrons. The van der Waals surface area contributed by atoms with Crippen LogP contribution < -0.4 is 10.6 Å². The Morgan fingerprint density at radius 1 is 1.12 bits per heavy atom. The maximum atomic E-state index is 10.9. The normalized spacial score (nSPS) is 9.25. The fourth-order valence-corrected chi connectivity index (χ4v) is 0.950. The summed E-state index contributed by atoms with van der Waals surface area (Å²) in [4.78, 5) is 21.7. The zero-order chi connectivity index (χ0) is 12.8. The molecule has 94 valence electrons. The summed E-state index contributed by atoms with van der Waals surface area (Å²) in [7, 11) is 1.44. The monoisotopic (exact) mass is 228 g/mol. The van der Waals surface area contributed by atoms with Crippen LogP contribution in [0.15, 0.2) is 12.2 Å². The highest BCUT2D eigenvalue weighted by molar-refractivity contribution is 6.34. The molecule has 0 aromatic rings. The number of nitrogens with one attached hydrogen (secondary N) is 2. The van der Waals surface area contributed by atoms with Gasteiger partial charge in [0.2, 0.25) is 0 Å². The fourth-order valence-electron chi connectivity index (χ4n) is 0.950. The van der Waals surface area contributed by atoms with Gasteiger partial charge in [0.25, 0.3) is 0 Å². The summed E-state index contributed by atoms with van der Waals surface area (Å²) >= 11 is 0. The van der Waals surface area contributed by atoms with Gasteiger partial charge in [0.15, 0.2) is 0 Å². The van der Waals surface area contributed by atoms with Crippen LogP contribution in [0.2, 0.25) is 0 Å². The lowest BCUT2D eigenvalue weighted by Crippen LogP contribution is -2.38. The Morgan fingerprint density at radius 3 is 2.25 bits per heavy atom. The molecular weight excluding hydrogens is 204 g/mol. The Kier molecular flexibility index (Phi) is 14.6. The van der Waals surface area contributed by atoms with Crippen molar-refractivity contribution in [1.82, 2.24) is 10.6 Å². The molecule has 0 atom stereocenters. The van der Waals surface area contributed by atoms with Gasteiger partial charge in [-0.25, -0.2) is 0 Å². The molecule has 0 saturated heterocycles. The standard InChI is InChI=1S/C10H18N2O2.C2H6/c1-3-4-5-6-7-8-12-10(14)9(13)11-2;1-2/h3-4H,5-8H2,1-2H3,(H,11,13)(H,12,14);1-2H3/b4-3-;. The van der Waals surface area contributed by atoms with Crippen LogP contribution in [0.1, 0.15) is 40.0 Å². The van der Waals surface area contributed by atoms with E-state index in [-0.39, 0.29) is 0 Å². The van der Waals surface area contributed by atoms with Crippen molar-refractivity contribution in [1.29, 1.82) is 0 Å². The van der Waals surface area contributed by atoms with Crippen molar-refractivity contribution in [3.63, 3.8) is 0 Å². The minimum atomic E-state index is -0.585. The lowest BCUT2D eigenvalue weighted by Gasteiger charge is -2.02. The quantitative estimate of drug-likeness (QED) is 0.427. The first kappa shape index (κ1) is 17.1. The molecule has 0 unspecified atom stereocenters. The third kappa shape index (κ3) is 10.8. The van der Waals surface area contributed by atoms with Crippen molar-refractivity contribution in [3.8, 4) is 0 Å². The molecule has 0 rings (SSSR count). The van der Waals surface area contributed by atoms with E-state index in [4.69, 9.17) is 0 Å². The van der Waals surface area contributed by atoms with Crippen LogP contribution in [0.4, 0.5) is 0 Å². The lowest BCUT2D eigenvalue weighted by molar-refractivity contribution is -0.138. The summed E-state index contributed by atoms with van der Waals surface area (Å²) in [6, 6.07) is 0. The van der Waals surface area contributed by atoms with E-state index < -0.39 is 11.8 Å². The number of carbonyl (C=O) groups excluding carboxylic acids is 2. The van der Waals surface area contributed by atoms with E-state index >= 15 is 0 Å². The third-order valence-electron chi connectivity index (χ3n) is 1.75. The fraction of sp³-hybridized carbons (Fsp3) is 0.667.